The lowest BCUT2D eigenvalue weighted by atomic mass is 9.76. The topological polar surface area (TPSA) is 89.5 Å². The molecule has 1 N–H and O–H groups in total. The lowest BCUT2D eigenvalue weighted by molar-refractivity contribution is -0.196. The van der Waals surface area contributed by atoms with Gasteiger partial charge >= 0.3 is 6.18 Å². The molecule has 2 saturated heterocycles. The van der Waals surface area contributed by atoms with Crippen molar-refractivity contribution in [3.63, 3.8) is 0 Å². The van der Waals surface area contributed by atoms with Crippen molar-refractivity contribution in [2.24, 2.45) is 4.99 Å². The Kier molecular flexibility index (Phi) is 8.63. The zero-order valence-corrected chi connectivity index (χ0v) is 23.6. The highest BCUT2D eigenvalue weighted by Crippen LogP contribution is 2.48. The van der Waals surface area contributed by atoms with Crippen molar-refractivity contribution in [3.05, 3.63) is 68.7 Å². The summed E-state index contributed by atoms with van der Waals surface area (Å²) < 4.78 is 54.3. The Hall–Kier alpha value is -2.70. The minimum absolute atomic E-state index is 0.0159. The number of aliphatic imine (C=N–C) groups is 1. The maximum Gasteiger partial charge on any atom is 0.400 e. The van der Waals surface area contributed by atoms with Gasteiger partial charge in [-0.05, 0) is 60.4 Å². The van der Waals surface area contributed by atoms with Crippen LogP contribution in [0.3, 0.4) is 0 Å². The summed E-state index contributed by atoms with van der Waals surface area (Å²) >= 11 is 12.0. The number of aryl methyl sites for hydroxylation is 1. The molecule has 0 saturated carbocycles. The smallest absolute Gasteiger partial charge is 0.353 e. The second-order valence-corrected chi connectivity index (χ2v) is 11.2. The molecule has 2 aromatic carbocycles. The molecule has 2 aromatic rings. The molecule has 2 atom stereocenters. The molecule has 5 rings (SSSR count). The van der Waals surface area contributed by atoms with E-state index in [0.717, 1.165) is 6.42 Å². The fraction of sp³-hybridized carbons (Fsp3) is 0.464. The molecule has 3 aliphatic heterocycles. The highest BCUT2D eigenvalue weighted by atomic mass is 35.5. The number of carbonyl (C=O) groups excluding carboxylic acids is 2. The van der Waals surface area contributed by atoms with Crippen LogP contribution in [0.15, 0.2) is 41.4 Å². The fourth-order valence-corrected chi connectivity index (χ4v) is 5.74. The summed E-state index contributed by atoms with van der Waals surface area (Å²) in [6, 6.07) is 7.74. The first kappa shape index (κ1) is 29.8. The van der Waals surface area contributed by atoms with E-state index >= 15 is 0 Å². The summed E-state index contributed by atoms with van der Waals surface area (Å²) in [5.74, 6) is -0.878. The van der Waals surface area contributed by atoms with Gasteiger partial charge in [0.1, 0.15) is 18.1 Å². The number of alkyl halides is 3. The van der Waals surface area contributed by atoms with Crippen LogP contribution < -0.4 is 5.32 Å². The van der Waals surface area contributed by atoms with Crippen LogP contribution in [0.2, 0.25) is 10.0 Å². The normalized spacial score (nSPS) is 23.7. The van der Waals surface area contributed by atoms with Gasteiger partial charge in [0.2, 0.25) is 0 Å². The number of carbonyl (C=O) groups is 2. The van der Waals surface area contributed by atoms with Gasteiger partial charge in [0, 0.05) is 34.2 Å². The van der Waals surface area contributed by atoms with Crippen LogP contribution in [-0.4, -0.2) is 74.0 Å². The van der Waals surface area contributed by atoms with E-state index in [9.17, 15) is 22.8 Å². The number of nitrogens with one attached hydrogen (secondary N) is 1. The van der Waals surface area contributed by atoms with Crippen LogP contribution in [0.25, 0.3) is 0 Å². The molecule has 0 spiro atoms. The van der Waals surface area contributed by atoms with Crippen molar-refractivity contribution in [2.75, 3.05) is 32.9 Å². The number of hydroxylamine groups is 2. The van der Waals surface area contributed by atoms with Gasteiger partial charge in [0.15, 0.2) is 6.29 Å². The van der Waals surface area contributed by atoms with E-state index in [2.05, 4.69) is 10.3 Å². The Labute approximate surface area is 244 Å². The van der Waals surface area contributed by atoms with Gasteiger partial charge < -0.3 is 14.8 Å². The first-order valence-corrected chi connectivity index (χ1v) is 13.9. The van der Waals surface area contributed by atoms with Gasteiger partial charge in [-0.1, -0.05) is 29.3 Å². The molecule has 0 radical (unpaired) electrons. The average Bonchev–Trinajstić information content (AvgIpc) is 3.53. The second kappa shape index (κ2) is 11.9. The third kappa shape index (κ3) is 6.24. The zero-order valence-electron chi connectivity index (χ0n) is 22.1. The van der Waals surface area contributed by atoms with E-state index in [-0.39, 0.29) is 45.9 Å². The van der Waals surface area contributed by atoms with Crippen LogP contribution in [0.1, 0.15) is 46.3 Å². The molecule has 13 heteroatoms. The SMILES string of the molecule is Cc1cc(C2=NCC(c3cc(Cl)cc(Cl)c3)(C(F)(F)F)C2)ccc1C(=O)N[C@@H]1CON(CCC2OCCCO2)C1=O. The molecule has 0 bridgehead atoms. The molecule has 8 nitrogen and oxygen atoms in total. The lowest BCUT2D eigenvalue weighted by Gasteiger charge is -2.31. The minimum atomic E-state index is -4.61. The number of benzene rings is 2. The average molecular weight is 614 g/mol. The molecular weight excluding hydrogens is 586 g/mol. The van der Waals surface area contributed by atoms with Gasteiger partial charge in [-0.15, -0.1) is 0 Å². The molecule has 0 aliphatic carbocycles. The summed E-state index contributed by atoms with van der Waals surface area (Å²) in [7, 11) is 0. The number of rotatable bonds is 7. The number of hydrogen-bond donors (Lipinski definition) is 1. The Balaban J connectivity index is 1.24. The molecule has 2 fully saturated rings. The monoisotopic (exact) mass is 613 g/mol. The summed E-state index contributed by atoms with van der Waals surface area (Å²) in [6.07, 6.45) is -4.15. The van der Waals surface area contributed by atoms with Crippen molar-refractivity contribution in [1.82, 2.24) is 10.4 Å². The highest BCUT2D eigenvalue weighted by molar-refractivity contribution is 6.34. The molecule has 0 aromatic heterocycles. The van der Waals surface area contributed by atoms with Crippen molar-refractivity contribution in [3.8, 4) is 0 Å². The molecule has 220 valence electrons. The standard InChI is InChI=1S/C28H28Cl2F3N3O5/c1-16-9-17(22-13-27(15-34-22,28(31,32)33)18-10-19(29)12-20(30)11-18)3-4-21(16)25(37)35-23-14-41-36(26(23)38)6-5-24-39-7-2-8-40-24/h3-4,9-12,23-24H,2,5-8,13-15H2,1H3,(H,35,37)/t23-,27?/m1/s1. The van der Waals surface area contributed by atoms with E-state index in [1.807, 2.05) is 0 Å². The molecule has 41 heavy (non-hydrogen) atoms. The van der Waals surface area contributed by atoms with Crippen LogP contribution in [0.5, 0.6) is 0 Å². The van der Waals surface area contributed by atoms with Crippen molar-refractivity contribution < 1.29 is 37.1 Å². The fourth-order valence-electron chi connectivity index (χ4n) is 5.21. The van der Waals surface area contributed by atoms with E-state index < -0.39 is 42.8 Å². The minimum Gasteiger partial charge on any atom is -0.353 e. The molecule has 1 unspecified atom stereocenters. The molecular formula is C28H28Cl2F3N3O5. The molecule has 2 amide bonds. The predicted molar refractivity (Wildman–Crippen MR) is 145 cm³/mol. The number of halogens is 5. The maximum atomic E-state index is 14.4. The van der Waals surface area contributed by atoms with Gasteiger partial charge in [0.25, 0.3) is 11.8 Å². The Morgan fingerprint density at radius 3 is 2.51 bits per heavy atom. The van der Waals surface area contributed by atoms with E-state index in [4.69, 9.17) is 37.5 Å². The zero-order chi connectivity index (χ0) is 29.4. The van der Waals surface area contributed by atoms with E-state index in [0.29, 0.717) is 30.8 Å². The maximum absolute atomic E-state index is 14.4. The van der Waals surface area contributed by atoms with Gasteiger partial charge in [0.05, 0.1) is 26.3 Å². The third-order valence-electron chi connectivity index (χ3n) is 7.48. The quantitative estimate of drug-likeness (QED) is 0.474. The number of amides is 2. The first-order chi connectivity index (χ1) is 19.5. The summed E-state index contributed by atoms with van der Waals surface area (Å²) in [5.41, 5.74) is -0.791. The van der Waals surface area contributed by atoms with Gasteiger partial charge in [-0.3, -0.25) is 19.4 Å². The van der Waals surface area contributed by atoms with Crippen molar-refractivity contribution >= 4 is 40.7 Å². The number of nitrogens with zero attached hydrogens (tertiary/aromatic N) is 2. The van der Waals surface area contributed by atoms with Crippen LogP contribution in [-0.2, 0) is 24.5 Å². The van der Waals surface area contributed by atoms with E-state index in [1.54, 1.807) is 19.1 Å². The molecule has 3 heterocycles. The van der Waals surface area contributed by atoms with Gasteiger partial charge in [-0.25, -0.2) is 5.06 Å². The van der Waals surface area contributed by atoms with E-state index in [1.165, 1.54) is 29.3 Å². The Morgan fingerprint density at radius 1 is 1.15 bits per heavy atom. The lowest BCUT2D eigenvalue weighted by Crippen LogP contribution is -2.44. The van der Waals surface area contributed by atoms with Crippen molar-refractivity contribution in [1.29, 1.82) is 0 Å². The third-order valence-corrected chi connectivity index (χ3v) is 7.92. The summed E-state index contributed by atoms with van der Waals surface area (Å²) in [5, 5.41) is 4.10. The number of hydrogen-bond acceptors (Lipinski definition) is 6. The number of ether oxygens (including phenoxy) is 2. The highest BCUT2D eigenvalue weighted by Gasteiger charge is 2.58. The first-order valence-electron chi connectivity index (χ1n) is 13.1. The summed E-state index contributed by atoms with van der Waals surface area (Å²) in [4.78, 5) is 35.5. The summed E-state index contributed by atoms with van der Waals surface area (Å²) in [6.45, 7) is 2.60. The second-order valence-electron chi connectivity index (χ2n) is 10.3. The Bertz CT molecular complexity index is 1350. The van der Waals surface area contributed by atoms with Gasteiger partial charge in [-0.2, -0.15) is 13.2 Å². The van der Waals surface area contributed by atoms with Crippen LogP contribution in [0.4, 0.5) is 13.2 Å². The predicted octanol–water partition coefficient (Wildman–Crippen LogP) is 5.02. The Morgan fingerprint density at radius 2 is 1.85 bits per heavy atom. The van der Waals surface area contributed by atoms with Crippen LogP contribution in [0, 0.1) is 6.92 Å². The largest absolute Gasteiger partial charge is 0.400 e. The van der Waals surface area contributed by atoms with Crippen molar-refractivity contribution in [2.45, 2.75) is 50.1 Å². The van der Waals surface area contributed by atoms with Crippen LogP contribution >= 0.6 is 23.2 Å². The molecule has 3 aliphatic rings.